The van der Waals surface area contributed by atoms with Gasteiger partial charge in [0.1, 0.15) is 0 Å². The summed E-state index contributed by atoms with van der Waals surface area (Å²) in [5.41, 5.74) is -0.600. The minimum atomic E-state index is -3.69. The van der Waals surface area contributed by atoms with Gasteiger partial charge in [-0.3, -0.25) is 0 Å². The van der Waals surface area contributed by atoms with Gasteiger partial charge in [-0.1, -0.05) is 0 Å². The molecule has 0 N–H and O–H groups in total. The van der Waals surface area contributed by atoms with Crippen molar-refractivity contribution < 1.29 is 16.8 Å². The van der Waals surface area contributed by atoms with Crippen LogP contribution in [0.25, 0.3) is 0 Å². The summed E-state index contributed by atoms with van der Waals surface area (Å²) in [6.07, 6.45) is 0.603. The van der Waals surface area contributed by atoms with Crippen LogP contribution in [0.4, 0.5) is 0 Å². The Hall–Kier alpha value is -0.130. The molecule has 1 rings (SSSR count). The maximum absolute atomic E-state index is 10.6. The van der Waals surface area contributed by atoms with Crippen molar-refractivity contribution in [3.05, 3.63) is 0 Å². The summed E-state index contributed by atoms with van der Waals surface area (Å²) in [7, 11) is -3.69. The third-order valence-electron chi connectivity index (χ3n) is 1.26. The van der Waals surface area contributed by atoms with Gasteiger partial charge in [-0.25, -0.2) is 8.37 Å². The van der Waals surface area contributed by atoms with Crippen LogP contribution in [-0.4, -0.2) is 20.6 Å². The van der Waals surface area contributed by atoms with Crippen LogP contribution >= 0.6 is 0 Å². The van der Waals surface area contributed by atoms with E-state index in [0.717, 1.165) is 0 Å². The van der Waals surface area contributed by atoms with E-state index in [9.17, 15) is 8.42 Å². The van der Waals surface area contributed by atoms with Crippen LogP contribution in [0.1, 0.15) is 20.3 Å². The van der Waals surface area contributed by atoms with Crippen LogP contribution in [0, 0.1) is 0 Å². The van der Waals surface area contributed by atoms with Gasteiger partial charge in [-0.2, -0.15) is 8.42 Å². The molecule has 4 nitrogen and oxygen atoms in total. The van der Waals surface area contributed by atoms with Crippen LogP contribution in [0.3, 0.4) is 0 Å². The lowest BCUT2D eigenvalue weighted by Gasteiger charge is -2.27. The van der Waals surface area contributed by atoms with Crippen LogP contribution in [-0.2, 0) is 18.8 Å². The summed E-state index contributed by atoms with van der Waals surface area (Å²) in [5.74, 6) is 0. The minimum Gasteiger partial charge on any atom is -0.248 e. The topological polar surface area (TPSA) is 52.6 Å². The lowest BCUT2D eigenvalue weighted by Crippen LogP contribution is -2.35. The van der Waals surface area contributed by atoms with Gasteiger partial charge in [0.05, 0.1) is 12.2 Å². The summed E-state index contributed by atoms with van der Waals surface area (Å²) in [5, 5.41) is 0. The Morgan fingerprint density at radius 3 is 2.30 bits per heavy atom. The van der Waals surface area contributed by atoms with Crippen LogP contribution < -0.4 is 0 Å². The third-order valence-corrected chi connectivity index (χ3v) is 2.37. The van der Waals surface area contributed by atoms with Crippen molar-refractivity contribution in [2.75, 3.05) is 6.61 Å². The fourth-order valence-corrected chi connectivity index (χ4v) is 1.70. The summed E-state index contributed by atoms with van der Waals surface area (Å²) in [4.78, 5) is 0. The second-order valence-corrected chi connectivity index (χ2v) is 4.04. The molecule has 0 aromatic carbocycles. The van der Waals surface area contributed by atoms with E-state index in [4.69, 9.17) is 0 Å². The van der Waals surface area contributed by atoms with Crippen molar-refractivity contribution in [2.45, 2.75) is 25.9 Å². The van der Waals surface area contributed by atoms with E-state index in [1.165, 1.54) is 0 Å². The average molecular weight is 166 g/mol. The Kier molecular flexibility index (Phi) is 1.74. The number of rotatable bonds is 0. The molecule has 0 unspecified atom stereocenters. The second-order valence-electron chi connectivity index (χ2n) is 2.82. The molecule has 1 heterocycles. The second kappa shape index (κ2) is 2.18. The lowest BCUT2D eigenvalue weighted by molar-refractivity contribution is 0.0285. The van der Waals surface area contributed by atoms with Crippen molar-refractivity contribution in [3.8, 4) is 0 Å². The number of hydrogen-bond donors (Lipinski definition) is 0. The first kappa shape index (κ1) is 7.97. The highest BCUT2D eigenvalue weighted by molar-refractivity contribution is 7.81. The van der Waals surface area contributed by atoms with Gasteiger partial charge in [-0.15, -0.1) is 0 Å². The summed E-state index contributed by atoms with van der Waals surface area (Å²) < 4.78 is 30.2. The quantitative estimate of drug-likeness (QED) is 0.524. The van der Waals surface area contributed by atoms with Gasteiger partial charge >= 0.3 is 10.4 Å². The van der Waals surface area contributed by atoms with E-state index in [1.807, 2.05) is 0 Å². The van der Waals surface area contributed by atoms with Crippen molar-refractivity contribution in [2.24, 2.45) is 0 Å². The highest BCUT2D eigenvalue weighted by Gasteiger charge is 2.32. The van der Waals surface area contributed by atoms with E-state index in [0.29, 0.717) is 6.42 Å². The van der Waals surface area contributed by atoms with E-state index in [1.54, 1.807) is 13.8 Å². The fraction of sp³-hybridized carbons (Fsp3) is 1.00. The summed E-state index contributed by atoms with van der Waals surface area (Å²) >= 11 is 0. The van der Waals surface area contributed by atoms with Crippen molar-refractivity contribution >= 4 is 10.4 Å². The molecule has 1 fully saturated rings. The van der Waals surface area contributed by atoms with Gasteiger partial charge < -0.3 is 0 Å². The minimum absolute atomic E-state index is 0.218. The normalized spacial score (nSPS) is 29.8. The van der Waals surface area contributed by atoms with Crippen molar-refractivity contribution in [1.82, 2.24) is 0 Å². The fourth-order valence-electron chi connectivity index (χ4n) is 0.732. The Bertz CT molecular complexity index is 216. The molecule has 0 aromatic heterocycles. The molecule has 0 aliphatic carbocycles. The first-order valence-corrected chi connectivity index (χ1v) is 4.35. The molecule has 1 aliphatic rings. The van der Waals surface area contributed by atoms with Gasteiger partial charge in [0.15, 0.2) is 0 Å². The van der Waals surface area contributed by atoms with Gasteiger partial charge in [0.2, 0.25) is 0 Å². The highest BCUT2D eigenvalue weighted by atomic mass is 32.3. The van der Waals surface area contributed by atoms with Crippen LogP contribution in [0.5, 0.6) is 0 Å². The largest absolute Gasteiger partial charge is 0.400 e. The zero-order chi connectivity index (χ0) is 7.83. The molecule has 0 atom stereocenters. The molecule has 0 aromatic rings. The first-order valence-electron chi connectivity index (χ1n) is 3.01. The van der Waals surface area contributed by atoms with E-state index < -0.39 is 16.0 Å². The standard InChI is InChI=1S/C5H10O4S/c1-5(2)3-4-8-10(6,7)9-5/h3-4H2,1-2H3. The molecule has 0 radical (unpaired) electrons. The molecule has 10 heavy (non-hydrogen) atoms. The molecule has 60 valence electrons. The van der Waals surface area contributed by atoms with Crippen LogP contribution in [0.15, 0.2) is 0 Å². The van der Waals surface area contributed by atoms with E-state index in [2.05, 4.69) is 8.37 Å². The molecule has 0 bridgehead atoms. The van der Waals surface area contributed by atoms with Crippen molar-refractivity contribution in [3.63, 3.8) is 0 Å². The predicted octanol–water partition coefficient (Wildman–Crippen LogP) is 0.447. The molecule has 1 saturated heterocycles. The maximum Gasteiger partial charge on any atom is 0.400 e. The molecule has 0 spiro atoms. The molecular weight excluding hydrogens is 156 g/mol. The van der Waals surface area contributed by atoms with Gasteiger partial charge in [-0.05, 0) is 13.8 Å². The zero-order valence-corrected chi connectivity index (χ0v) is 6.77. The monoisotopic (exact) mass is 166 g/mol. The Balaban J connectivity index is 2.75. The molecule has 0 amide bonds. The Morgan fingerprint density at radius 1 is 1.40 bits per heavy atom. The maximum atomic E-state index is 10.6. The Morgan fingerprint density at radius 2 is 2.00 bits per heavy atom. The summed E-state index contributed by atoms with van der Waals surface area (Å²) in [6.45, 7) is 3.65. The number of hydrogen-bond acceptors (Lipinski definition) is 4. The third kappa shape index (κ3) is 1.93. The Labute approximate surface area is 60.5 Å². The smallest absolute Gasteiger partial charge is 0.248 e. The van der Waals surface area contributed by atoms with E-state index in [-0.39, 0.29) is 6.61 Å². The summed E-state index contributed by atoms with van der Waals surface area (Å²) in [6, 6.07) is 0. The van der Waals surface area contributed by atoms with Gasteiger partial charge in [0, 0.05) is 6.42 Å². The highest BCUT2D eigenvalue weighted by Crippen LogP contribution is 2.23. The zero-order valence-electron chi connectivity index (χ0n) is 5.96. The van der Waals surface area contributed by atoms with Crippen molar-refractivity contribution in [1.29, 1.82) is 0 Å². The molecule has 0 saturated carbocycles. The molecule has 1 aliphatic heterocycles. The predicted molar refractivity (Wildman–Crippen MR) is 34.7 cm³/mol. The SMILES string of the molecule is CC1(C)CCOS(=O)(=O)O1. The van der Waals surface area contributed by atoms with E-state index >= 15 is 0 Å². The molecule has 5 heteroatoms. The average Bonchev–Trinajstić information content (AvgIpc) is 1.56. The molecular formula is C5H10O4S. The first-order chi connectivity index (χ1) is 4.41. The lowest BCUT2D eigenvalue weighted by atomic mass is 10.1. The van der Waals surface area contributed by atoms with Crippen LogP contribution in [0.2, 0.25) is 0 Å². The van der Waals surface area contributed by atoms with Gasteiger partial charge in [0.25, 0.3) is 0 Å².